The van der Waals surface area contributed by atoms with Crippen molar-refractivity contribution in [2.24, 2.45) is 4.99 Å². The molecule has 2 N–H and O–H groups in total. The zero-order valence-electron chi connectivity index (χ0n) is 16.0. The van der Waals surface area contributed by atoms with Gasteiger partial charge in [0, 0.05) is 59.4 Å². The summed E-state index contributed by atoms with van der Waals surface area (Å²) in [5.74, 6) is 0.913. The summed E-state index contributed by atoms with van der Waals surface area (Å²) in [6.07, 6.45) is 1.14. The van der Waals surface area contributed by atoms with Crippen LogP contribution in [0.5, 0.6) is 0 Å². The standard InChI is InChI=1S/C15H30N6O4S.HI/c1-16-15(17-3-4-18-26(2,23)24)21-7-5-19(6-8-21)13-14(22)20-9-11-25-12-10-20;/h18H,3-13H2,1-2H3,(H,16,17);1H. The van der Waals surface area contributed by atoms with E-state index in [0.29, 0.717) is 45.9 Å². The molecule has 158 valence electrons. The largest absolute Gasteiger partial charge is 0.378 e. The number of hydrogen-bond acceptors (Lipinski definition) is 6. The molecular formula is C15H31IN6O4S. The number of amides is 1. The summed E-state index contributed by atoms with van der Waals surface area (Å²) in [6, 6.07) is 0. The fourth-order valence-electron chi connectivity index (χ4n) is 2.96. The zero-order chi connectivity index (χ0) is 19.0. The van der Waals surface area contributed by atoms with Gasteiger partial charge in [-0.15, -0.1) is 24.0 Å². The normalized spacial score (nSPS) is 19.6. The second-order valence-corrected chi connectivity index (χ2v) is 8.23. The molecular weight excluding hydrogens is 487 g/mol. The molecule has 0 radical (unpaired) electrons. The van der Waals surface area contributed by atoms with Crippen LogP contribution >= 0.6 is 24.0 Å². The molecule has 0 aromatic carbocycles. The number of sulfonamides is 1. The van der Waals surface area contributed by atoms with Gasteiger partial charge in [0.05, 0.1) is 26.0 Å². The van der Waals surface area contributed by atoms with E-state index in [1.165, 1.54) is 0 Å². The Labute approximate surface area is 178 Å². The van der Waals surface area contributed by atoms with Crippen LogP contribution in [0.1, 0.15) is 0 Å². The summed E-state index contributed by atoms with van der Waals surface area (Å²) < 4.78 is 29.8. The van der Waals surface area contributed by atoms with Crippen LogP contribution in [0.2, 0.25) is 0 Å². The Morgan fingerprint density at radius 1 is 1.04 bits per heavy atom. The zero-order valence-corrected chi connectivity index (χ0v) is 19.2. The molecule has 10 nitrogen and oxygen atoms in total. The topological polar surface area (TPSA) is 107 Å². The van der Waals surface area contributed by atoms with Gasteiger partial charge >= 0.3 is 0 Å². The first kappa shape index (κ1) is 24.3. The highest BCUT2D eigenvalue weighted by molar-refractivity contribution is 14.0. The van der Waals surface area contributed by atoms with Gasteiger partial charge in [0.1, 0.15) is 0 Å². The van der Waals surface area contributed by atoms with Crippen molar-refractivity contribution in [3.63, 3.8) is 0 Å². The van der Waals surface area contributed by atoms with Gasteiger partial charge in [-0.25, -0.2) is 13.1 Å². The van der Waals surface area contributed by atoms with E-state index in [1.807, 2.05) is 4.90 Å². The lowest BCUT2D eigenvalue weighted by atomic mass is 10.3. The summed E-state index contributed by atoms with van der Waals surface area (Å²) in [5.41, 5.74) is 0. The number of nitrogens with one attached hydrogen (secondary N) is 2. The maximum atomic E-state index is 12.3. The molecule has 0 aromatic heterocycles. The number of aliphatic imine (C=N–C) groups is 1. The fraction of sp³-hybridized carbons (Fsp3) is 0.867. The van der Waals surface area contributed by atoms with E-state index in [0.717, 1.165) is 38.4 Å². The van der Waals surface area contributed by atoms with Gasteiger partial charge in [-0.1, -0.05) is 0 Å². The predicted octanol–water partition coefficient (Wildman–Crippen LogP) is -1.79. The first-order valence-electron chi connectivity index (χ1n) is 8.87. The average molecular weight is 518 g/mol. The minimum Gasteiger partial charge on any atom is -0.378 e. The number of piperazine rings is 1. The SMILES string of the molecule is CN=C(NCCNS(C)(=O)=O)N1CCN(CC(=O)N2CCOCC2)CC1.I. The van der Waals surface area contributed by atoms with Crippen LogP contribution in [-0.4, -0.2) is 120 Å². The molecule has 0 bridgehead atoms. The van der Waals surface area contributed by atoms with E-state index in [9.17, 15) is 13.2 Å². The third-order valence-corrected chi connectivity index (χ3v) is 5.11. The highest BCUT2D eigenvalue weighted by atomic mass is 127. The highest BCUT2D eigenvalue weighted by Gasteiger charge is 2.24. The maximum Gasteiger partial charge on any atom is 0.236 e. The van der Waals surface area contributed by atoms with Crippen molar-refractivity contribution in [2.45, 2.75) is 0 Å². The number of carbonyl (C=O) groups is 1. The van der Waals surface area contributed by atoms with Crippen LogP contribution in [0, 0.1) is 0 Å². The third-order valence-electron chi connectivity index (χ3n) is 4.38. The Morgan fingerprint density at radius 2 is 1.67 bits per heavy atom. The van der Waals surface area contributed by atoms with Crippen LogP contribution in [-0.2, 0) is 19.6 Å². The molecule has 0 saturated carbocycles. The Kier molecular flexibility index (Phi) is 10.8. The summed E-state index contributed by atoms with van der Waals surface area (Å²) in [5, 5.41) is 3.16. The van der Waals surface area contributed by atoms with E-state index in [1.54, 1.807) is 7.05 Å². The minimum atomic E-state index is -3.18. The third kappa shape index (κ3) is 8.89. The molecule has 0 atom stereocenters. The Bertz CT molecular complexity index is 589. The van der Waals surface area contributed by atoms with Gasteiger partial charge in [0.15, 0.2) is 5.96 Å². The number of ether oxygens (including phenoxy) is 1. The molecule has 2 saturated heterocycles. The number of nitrogens with zero attached hydrogens (tertiary/aromatic N) is 4. The molecule has 1 amide bonds. The lowest BCUT2D eigenvalue weighted by Gasteiger charge is -2.37. The lowest BCUT2D eigenvalue weighted by Crippen LogP contribution is -2.55. The van der Waals surface area contributed by atoms with E-state index in [-0.39, 0.29) is 29.9 Å². The van der Waals surface area contributed by atoms with E-state index in [4.69, 9.17) is 4.74 Å². The van der Waals surface area contributed by atoms with Crippen molar-refractivity contribution < 1.29 is 17.9 Å². The van der Waals surface area contributed by atoms with E-state index in [2.05, 4.69) is 24.8 Å². The number of guanidine groups is 1. The molecule has 2 fully saturated rings. The van der Waals surface area contributed by atoms with Crippen LogP contribution in [0.15, 0.2) is 4.99 Å². The van der Waals surface area contributed by atoms with Crippen molar-refractivity contribution in [1.29, 1.82) is 0 Å². The number of halogens is 1. The second-order valence-electron chi connectivity index (χ2n) is 6.40. The van der Waals surface area contributed by atoms with Crippen molar-refractivity contribution in [2.75, 3.05) is 85.4 Å². The molecule has 2 aliphatic rings. The molecule has 0 unspecified atom stereocenters. The molecule has 12 heteroatoms. The van der Waals surface area contributed by atoms with Gasteiger partial charge in [-0.2, -0.15) is 0 Å². The summed E-state index contributed by atoms with van der Waals surface area (Å²) in [4.78, 5) is 22.7. The molecule has 0 aromatic rings. The number of morpholine rings is 1. The molecule has 0 spiro atoms. The fourth-order valence-corrected chi connectivity index (χ4v) is 3.44. The molecule has 27 heavy (non-hydrogen) atoms. The Balaban J connectivity index is 0.00000364. The monoisotopic (exact) mass is 518 g/mol. The van der Waals surface area contributed by atoms with Crippen molar-refractivity contribution >= 4 is 45.9 Å². The molecule has 0 aliphatic carbocycles. The summed E-state index contributed by atoms with van der Waals surface area (Å²) in [7, 11) is -1.47. The van der Waals surface area contributed by atoms with Gasteiger partial charge in [0.25, 0.3) is 0 Å². The van der Waals surface area contributed by atoms with Gasteiger partial charge in [0.2, 0.25) is 15.9 Å². The average Bonchev–Trinajstić information content (AvgIpc) is 2.62. The van der Waals surface area contributed by atoms with Crippen LogP contribution in [0.3, 0.4) is 0 Å². The van der Waals surface area contributed by atoms with Crippen molar-refractivity contribution in [1.82, 2.24) is 24.7 Å². The Morgan fingerprint density at radius 3 is 2.22 bits per heavy atom. The summed E-state index contributed by atoms with van der Waals surface area (Å²) >= 11 is 0. The van der Waals surface area contributed by atoms with Gasteiger partial charge < -0.3 is 19.9 Å². The van der Waals surface area contributed by atoms with Crippen LogP contribution < -0.4 is 10.0 Å². The van der Waals surface area contributed by atoms with Crippen molar-refractivity contribution in [3.05, 3.63) is 0 Å². The first-order chi connectivity index (χ1) is 12.4. The number of carbonyl (C=O) groups excluding carboxylic acids is 1. The van der Waals surface area contributed by atoms with Crippen LogP contribution in [0.4, 0.5) is 0 Å². The molecule has 2 rings (SSSR count). The van der Waals surface area contributed by atoms with Crippen molar-refractivity contribution in [3.8, 4) is 0 Å². The molecule has 2 heterocycles. The minimum absolute atomic E-state index is 0. The van der Waals surface area contributed by atoms with E-state index < -0.39 is 10.0 Å². The van der Waals surface area contributed by atoms with Gasteiger partial charge in [-0.3, -0.25) is 14.7 Å². The smallest absolute Gasteiger partial charge is 0.236 e. The van der Waals surface area contributed by atoms with E-state index >= 15 is 0 Å². The van der Waals surface area contributed by atoms with Crippen LogP contribution in [0.25, 0.3) is 0 Å². The highest BCUT2D eigenvalue weighted by Crippen LogP contribution is 2.05. The lowest BCUT2D eigenvalue weighted by molar-refractivity contribution is -0.136. The quantitative estimate of drug-likeness (QED) is 0.185. The first-order valence-corrected chi connectivity index (χ1v) is 10.8. The number of hydrogen-bond donors (Lipinski definition) is 2. The second kappa shape index (κ2) is 12.0. The van der Waals surface area contributed by atoms with Gasteiger partial charge in [-0.05, 0) is 0 Å². The molecule has 2 aliphatic heterocycles. The predicted molar refractivity (Wildman–Crippen MR) is 115 cm³/mol. The summed E-state index contributed by atoms with van der Waals surface area (Å²) in [6.45, 7) is 6.94. The Hall–Kier alpha value is -0.700. The maximum absolute atomic E-state index is 12.3. The number of rotatable bonds is 6.